The van der Waals surface area contributed by atoms with Crippen molar-refractivity contribution in [1.82, 2.24) is 10.6 Å². The monoisotopic (exact) mass is 289 g/mol. The Morgan fingerprint density at radius 3 is 2.48 bits per heavy atom. The Labute approximate surface area is 125 Å². The van der Waals surface area contributed by atoms with Crippen molar-refractivity contribution < 1.29 is 9.59 Å². The molecule has 1 unspecified atom stereocenters. The van der Waals surface area contributed by atoms with Gasteiger partial charge in [0.1, 0.15) is 0 Å². The summed E-state index contributed by atoms with van der Waals surface area (Å²) in [5, 5.41) is 8.88. The SMILES string of the molecule is CCC(C)NCC(=O)Nc1ccc(C(=O)NC2CC2)cc1. The van der Waals surface area contributed by atoms with E-state index in [1.54, 1.807) is 24.3 Å². The number of amides is 2. The van der Waals surface area contributed by atoms with Crippen LogP contribution in [-0.4, -0.2) is 30.4 Å². The van der Waals surface area contributed by atoms with Gasteiger partial charge < -0.3 is 16.0 Å². The van der Waals surface area contributed by atoms with E-state index in [0.717, 1.165) is 19.3 Å². The summed E-state index contributed by atoms with van der Waals surface area (Å²) in [6, 6.07) is 7.64. The first kappa shape index (κ1) is 15.5. The summed E-state index contributed by atoms with van der Waals surface area (Å²) in [5.41, 5.74) is 1.33. The lowest BCUT2D eigenvalue weighted by molar-refractivity contribution is -0.115. The van der Waals surface area contributed by atoms with Crippen LogP contribution in [0.15, 0.2) is 24.3 Å². The zero-order chi connectivity index (χ0) is 15.2. The van der Waals surface area contributed by atoms with Gasteiger partial charge >= 0.3 is 0 Å². The van der Waals surface area contributed by atoms with E-state index in [-0.39, 0.29) is 11.8 Å². The molecule has 2 rings (SSSR count). The van der Waals surface area contributed by atoms with Crippen LogP contribution in [0, 0.1) is 0 Å². The zero-order valence-corrected chi connectivity index (χ0v) is 12.6. The molecule has 1 aromatic rings. The van der Waals surface area contributed by atoms with Crippen LogP contribution >= 0.6 is 0 Å². The molecule has 1 aliphatic carbocycles. The van der Waals surface area contributed by atoms with E-state index in [1.165, 1.54) is 0 Å². The molecule has 5 nitrogen and oxygen atoms in total. The van der Waals surface area contributed by atoms with Crippen molar-refractivity contribution in [2.24, 2.45) is 0 Å². The molecular weight excluding hydrogens is 266 g/mol. The second-order valence-electron chi connectivity index (χ2n) is 5.56. The summed E-state index contributed by atoms with van der Waals surface area (Å²) in [6.45, 7) is 4.40. The molecule has 0 radical (unpaired) electrons. The number of nitrogens with one attached hydrogen (secondary N) is 3. The fourth-order valence-corrected chi connectivity index (χ4v) is 1.82. The largest absolute Gasteiger partial charge is 0.349 e. The predicted octanol–water partition coefficient (Wildman–Crippen LogP) is 1.91. The summed E-state index contributed by atoms with van der Waals surface area (Å²) in [5.74, 6) is -0.126. The van der Waals surface area contributed by atoms with Crippen molar-refractivity contribution in [2.75, 3.05) is 11.9 Å². The van der Waals surface area contributed by atoms with Crippen LogP contribution in [0.5, 0.6) is 0 Å². The number of hydrogen-bond acceptors (Lipinski definition) is 3. The molecule has 0 heterocycles. The highest BCUT2D eigenvalue weighted by atomic mass is 16.2. The minimum atomic E-state index is -0.0783. The highest BCUT2D eigenvalue weighted by Gasteiger charge is 2.23. The maximum Gasteiger partial charge on any atom is 0.251 e. The number of rotatable bonds is 7. The Hall–Kier alpha value is -1.88. The molecule has 1 aromatic carbocycles. The van der Waals surface area contributed by atoms with E-state index in [9.17, 15) is 9.59 Å². The smallest absolute Gasteiger partial charge is 0.251 e. The molecule has 1 aliphatic rings. The normalized spacial score (nSPS) is 15.3. The molecule has 0 aliphatic heterocycles. The van der Waals surface area contributed by atoms with Crippen LogP contribution in [0.1, 0.15) is 43.5 Å². The number of benzene rings is 1. The van der Waals surface area contributed by atoms with Crippen LogP contribution in [0.25, 0.3) is 0 Å². The van der Waals surface area contributed by atoms with Crippen LogP contribution in [0.3, 0.4) is 0 Å². The van der Waals surface area contributed by atoms with Gasteiger partial charge in [-0.1, -0.05) is 6.92 Å². The number of carbonyl (C=O) groups excluding carboxylic acids is 2. The Balaban J connectivity index is 1.81. The highest BCUT2D eigenvalue weighted by molar-refractivity contribution is 5.96. The van der Waals surface area contributed by atoms with Crippen molar-refractivity contribution in [3.63, 3.8) is 0 Å². The Bertz CT molecular complexity index is 495. The van der Waals surface area contributed by atoms with Crippen molar-refractivity contribution in [3.8, 4) is 0 Å². The number of hydrogen-bond donors (Lipinski definition) is 3. The Morgan fingerprint density at radius 1 is 1.24 bits per heavy atom. The Kier molecular flexibility index (Phi) is 5.33. The molecule has 0 bridgehead atoms. The molecule has 21 heavy (non-hydrogen) atoms. The summed E-state index contributed by atoms with van der Waals surface area (Å²) in [7, 11) is 0. The van der Waals surface area contributed by atoms with Gasteiger partial charge in [-0.2, -0.15) is 0 Å². The van der Waals surface area contributed by atoms with Crippen LogP contribution in [0.2, 0.25) is 0 Å². The average molecular weight is 289 g/mol. The standard InChI is InChI=1S/C16H23N3O2/c1-3-11(2)17-10-15(20)18-13-6-4-12(5-7-13)16(21)19-14-8-9-14/h4-7,11,14,17H,3,8-10H2,1-2H3,(H,18,20)(H,19,21). The number of anilines is 1. The highest BCUT2D eigenvalue weighted by Crippen LogP contribution is 2.19. The minimum absolute atomic E-state index is 0.0474. The third-order valence-electron chi connectivity index (χ3n) is 3.57. The van der Waals surface area contributed by atoms with Crippen molar-refractivity contribution in [1.29, 1.82) is 0 Å². The molecule has 0 saturated heterocycles. The first-order chi connectivity index (χ1) is 10.1. The van der Waals surface area contributed by atoms with Gasteiger partial charge in [0.15, 0.2) is 0 Å². The quantitative estimate of drug-likeness (QED) is 0.718. The van der Waals surface area contributed by atoms with Crippen LogP contribution < -0.4 is 16.0 Å². The molecule has 3 N–H and O–H groups in total. The van der Waals surface area contributed by atoms with E-state index in [1.807, 2.05) is 6.92 Å². The second-order valence-corrected chi connectivity index (χ2v) is 5.56. The van der Waals surface area contributed by atoms with Gasteiger partial charge in [-0.3, -0.25) is 9.59 Å². The van der Waals surface area contributed by atoms with Gasteiger partial charge in [0.05, 0.1) is 6.54 Å². The second kappa shape index (κ2) is 7.22. The van der Waals surface area contributed by atoms with E-state index >= 15 is 0 Å². The molecule has 2 amide bonds. The molecule has 114 valence electrons. The fraction of sp³-hybridized carbons (Fsp3) is 0.500. The minimum Gasteiger partial charge on any atom is -0.349 e. The lowest BCUT2D eigenvalue weighted by atomic mass is 10.2. The summed E-state index contributed by atoms with van der Waals surface area (Å²) < 4.78 is 0. The topological polar surface area (TPSA) is 70.2 Å². The Morgan fingerprint density at radius 2 is 1.90 bits per heavy atom. The van der Waals surface area contributed by atoms with E-state index in [4.69, 9.17) is 0 Å². The summed E-state index contributed by atoms with van der Waals surface area (Å²) in [4.78, 5) is 23.6. The molecule has 1 fully saturated rings. The summed E-state index contributed by atoms with van der Waals surface area (Å²) >= 11 is 0. The van der Waals surface area contributed by atoms with Gasteiger partial charge in [0, 0.05) is 23.3 Å². The average Bonchev–Trinajstić information content (AvgIpc) is 3.29. The van der Waals surface area contributed by atoms with Gasteiger partial charge in [-0.25, -0.2) is 0 Å². The fourth-order valence-electron chi connectivity index (χ4n) is 1.82. The van der Waals surface area contributed by atoms with Crippen molar-refractivity contribution >= 4 is 17.5 Å². The molecular formula is C16H23N3O2. The van der Waals surface area contributed by atoms with Gasteiger partial charge in [0.25, 0.3) is 5.91 Å². The van der Waals surface area contributed by atoms with Crippen molar-refractivity contribution in [3.05, 3.63) is 29.8 Å². The van der Waals surface area contributed by atoms with Gasteiger partial charge in [0.2, 0.25) is 5.91 Å². The van der Waals surface area contributed by atoms with E-state index < -0.39 is 0 Å². The molecule has 0 spiro atoms. The first-order valence-corrected chi connectivity index (χ1v) is 7.52. The molecule has 1 atom stereocenters. The van der Waals surface area contributed by atoms with Crippen LogP contribution in [0.4, 0.5) is 5.69 Å². The third-order valence-corrected chi connectivity index (χ3v) is 3.57. The third kappa shape index (κ3) is 5.19. The van der Waals surface area contributed by atoms with E-state index in [0.29, 0.717) is 29.9 Å². The first-order valence-electron chi connectivity index (χ1n) is 7.52. The predicted molar refractivity (Wildman–Crippen MR) is 83.3 cm³/mol. The van der Waals surface area contributed by atoms with Gasteiger partial charge in [-0.05, 0) is 50.5 Å². The summed E-state index contributed by atoms with van der Waals surface area (Å²) in [6.07, 6.45) is 3.13. The van der Waals surface area contributed by atoms with E-state index in [2.05, 4.69) is 22.9 Å². The van der Waals surface area contributed by atoms with Gasteiger partial charge in [-0.15, -0.1) is 0 Å². The molecule has 5 heteroatoms. The maximum absolute atomic E-state index is 11.8. The van der Waals surface area contributed by atoms with Crippen molar-refractivity contribution in [2.45, 2.75) is 45.2 Å². The lowest BCUT2D eigenvalue weighted by Crippen LogP contribution is -2.33. The maximum atomic E-state index is 11.8. The number of carbonyl (C=O) groups is 2. The zero-order valence-electron chi connectivity index (χ0n) is 12.6. The molecule has 1 saturated carbocycles. The lowest BCUT2D eigenvalue weighted by Gasteiger charge is -2.11. The molecule has 0 aromatic heterocycles. The van der Waals surface area contributed by atoms with Crippen LogP contribution in [-0.2, 0) is 4.79 Å².